The van der Waals surface area contributed by atoms with Gasteiger partial charge in [0, 0.05) is 18.2 Å². The van der Waals surface area contributed by atoms with Crippen molar-refractivity contribution in [3.05, 3.63) is 83.9 Å². The lowest BCUT2D eigenvalue weighted by Gasteiger charge is -2.14. The standard InChI is InChI=1S/C24H23NO4S/c1-30(27,28)21-12-10-18(11-13-21)22-9-5-8-19-15-20(29-24(19)22)16-25-23(26)14-17-6-3-2-4-7-17/h2-13,20H,14-16H2,1H3,(H,25,26)/t20-/m0/s1. The van der Waals surface area contributed by atoms with E-state index in [2.05, 4.69) is 5.32 Å². The van der Waals surface area contributed by atoms with E-state index in [1.54, 1.807) is 24.3 Å². The first-order valence-electron chi connectivity index (χ1n) is 9.80. The average Bonchev–Trinajstić information content (AvgIpc) is 3.16. The largest absolute Gasteiger partial charge is 0.487 e. The maximum absolute atomic E-state index is 12.2. The van der Waals surface area contributed by atoms with Crippen molar-refractivity contribution in [1.29, 1.82) is 0 Å². The number of amides is 1. The molecule has 0 aromatic heterocycles. The Labute approximate surface area is 176 Å². The van der Waals surface area contributed by atoms with E-state index in [0.29, 0.717) is 17.9 Å². The molecule has 0 saturated carbocycles. The molecule has 1 aliphatic heterocycles. The van der Waals surface area contributed by atoms with Crippen molar-refractivity contribution in [2.24, 2.45) is 0 Å². The number of sulfone groups is 1. The first kappa shape index (κ1) is 20.2. The minimum Gasteiger partial charge on any atom is -0.487 e. The quantitative estimate of drug-likeness (QED) is 0.662. The molecule has 154 valence electrons. The topological polar surface area (TPSA) is 72.5 Å². The van der Waals surface area contributed by atoms with Crippen molar-refractivity contribution < 1.29 is 17.9 Å². The van der Waals surface area contributed by atoms with Crippen molar-refractivity contribution in [3.63, 3.8) is 0 Å². The molecule has 0 radical (unpaired) electrons. The second-order valence-corrected chi connectivity index (χ2v) is 9.52. The molecule has 0 fully saturated rings. The number of benzene rings is 3. The SMILES string of the molecule is CS(=O)(=O)c1ccc(-c2cccc3c2O[C@H](CNC(=O)Cc2ccccc2)C3)cc1. The Balaban J connectivity index is 1.43. The molecule has 5 nitrogen and oxygen atoms in total. The number of rotatable bonds is 6. The highest BCUT2D eigenvalue weighted by molar-refractivity contribution is 7.90. The summed E-state index contributed by atoms with van der Waals surface area (Å²) in [6, 6.07) is 22.4. The lowest BCUT2D eigenvalue weighted by Crippen LogP contribution is -2.35. The number of carbonyl (C=O) groups is 1. The van der Waals surface area contributed by atoms with Crippen LogP contribution in [0.3, 0.4) is 0 Å². The number of nitrogens with one attached hydrogen (secondary N) is 1. The zero-order valence-electron chi connectivity index (χ0n) is 16.7. The second-order valence-electron chi connectivity index (χ2n) is 7.50. The van der Waals surface area contributed by atoms with Gasteiger partial charge in [-0.25, -0.2) is 8.42 Å². The Bertz CT molecular complexity index is 1160. The van der Waals surface area contributed by atoms with Crippen LogP contribution in [-0.2, 0) is 27.5 Å². The molecule has 1 N–H and O–H groups in total. The van der Waals surface area contributed by atoms with Crippen molar-refractivity contribution in [1.82, 2.24) is 5.32 Å². The van der Waals surface area contributed by atoms with Crippen LogP contribution in [-0.4, -0.2) is 33.2 Å². The predicted octanol–water partition coefficient (Wildman–Crippen LogP) is 3.42. The molecule has 0 bridgehead atoms. The summed E-state index contributed by atoms with van der Waals surface area (Å²) in [7, 11) is -3.23. The normalized spacial score (nSPS) is 15.3. The Morgan fingerprint density at radius 3 is 2.43 bits per heavy atom. The van der Waals surface area contributed by atoms with E-state index < -0.39 is 9.84 Å². The highest BCUT2D eigenvalue weighted by Crippen LogP contribution is 2.38. The van der Waals surface area contributed by atoms with Gasteiger partial charge in [0.1, 0.15) is 11.9 Å². The average molecular weight is 422 g/mol. The van der Waals surface area contributed by atoms with Crippen LogP contribution in [0, 0.1) is 0 Å². The molecule has 1 atom stereocenters. The highest BCUT2D eigenvalue weighted by atomic mass is 32.2. The molecule has 30 heavy (non-hydrogen) atoms. The Morgan fingerprint density at radius 1 is 1.00 bits per heavy atom. The molecule has 0 aliphatic carbocycles. The Morgan fingerprint density at radius 2 is 1.73 bits per heavy atom. The summed E-state index contributed by atoms with van der Waals surface area (Å²) < 4.78 is 29.5. The van der Waals surface area contributed by atoms with E-state index in [1.807, 2.05) is 48.5 Å². The third kappa shape index (κ3) is 4.54. The van der Waals surface area contributed by atoms with Crippen LogP contribution in [0.15, 0.2) is 77.7 Å². The summed E-state index contributed by atoms with van der Waals surface area (Å²) in [5.74, 6) is 0.768. The zero-order valence-corrected chi connectivity index (χ0v) is 17.5. The molecular formula is C24H23NO4S. The van der Waals surface area contributed by atoms with Crippen molar-refractivity contribution in [2.75, 3.05) is 12.8 Å². The van der Waals surface area contributed by atoms with Crippen molar-refractivity contribution in [3.8, 4) is 16.9 Å². The number of hydrogen-bond acceptors (Lipinski definition) is 4. The van der Waals surface area contributed by atoms with Gasteiger partial charge in [-0.15, -0.1) is 0 Å². The van der Waals surface area contributed by atoms with E-state index in [0.717, 1.165) is 34.4 Å². The lowest BCUT2D eigenvalue weighted by atomic mass is 10.0. The van der Waals surface area contributed by atoms with Gasteiger partial charge in [0.2, 0.25) is 5.91 Å². The van der Waals surface area contributed by atoms with Crippen LogP contribution >= 0.6 is 0 Å². The summed E-state index contributed by atoms with van der Waals surface area (Å²) in [6.45, 7) is 0.437. The van der Waals surface area contributed by atoms with Gasteiger partial charge < -0.3 is 10.1 Å². The minimum absolute atomic E-state index is 0.0302. The molecule has 0 saturated heterocycles. The van der Waals surface area contributed by atoms with Gasteiger partial charge in [0.25, 0.3) is 0 Å². The minimum atomic E-state index is -3.23. The van der Waals surface area contributed by atoms with Gasteiger partial charge in [0.05, 0.1) is 17.9 Å². The van der Waals surface area contributed by atoms with Crippen LogP contribution < -0.4 is 10.1 Å². The maximum atomic E-state index is 12.2. The van der Waals surface area contributed by atoms with Gasteiger partial charge in [-0.2, -0.15) is 0 Å². The van der Waals surface area contributed by atoms with Gasteiger partial charge in [0.15, 0.2) is 9.84 Å². The summed E-state index contributed by atoms with van der Waals surface area (Å²) in [5, 5.41) is 2.96. The van der Waals surface area contributed by atoms with Gasteiger partial charge in [-0.1, -0.05) is 60.7 Å². The van der Waals surface area contributed by atoms with Crippen LogP contribution in [0.4, 0.5) is 0 Å². The van der Waals surface area contributed by atoms with E-state index in [4.69, 9.17) is 4.74 Å². The molecule has 1 heterocycles. The summed E-state index contributed by atoms with van der Waals surface area (Å²) in [4.78, 5) is 12.5. The number of carbonyl (C=O) groups excluding carboxylic acids is 1. The molecule has 3 aromatic rings. The lowest BCUT2D eigenvalue weighted by molar-refractivity contribution is -0.120. The summed E-state index contributed by atoms with van der Waals surface area (Å²) >= 11 is 0. The van der Waals surface area contributed by atoms with E-state index in [-0.39, 0.29) is 12.0 Å². The molecule has 0 spiro atoms. The monoisotopic (exact) mass is 421 g/mol. The van der Waals surface area contributed by atoms with E-state index in [9.17, 15) is 13.2 Å². The third-order valence-corrected chi connectivity index (χ3v) is 6.29. The number of ether oxygens (including phenoxy) is 1. The second kappa shape index (κ2) is 8.32. The van der Waals surface area contributed by atoms with Gasteiger partial charge in [-0.05, 0) is 28.8 Å². The number of hydrogen-bond donors (Lipinski definition) is 1. The summed E-state index contributed by atoms with van der Waals surface area (Å²) in [6.07, 6.45) is 2.13. The Hall–Kier alpha value is -3.12. The smallest absolute Gasteiger partial charge is 0.224 e. The van der Waals surface area contributed by atoms with Gasteiger partial charge >= 0.3 is 0 Å². The Kier molecular flexibility index (Phi) is 5.59. The van der Waals surface area contributed by atoms with Crippen LogP contribution in [0.5, 0.6) is 5.75 Å². The third-order valence-electron chi connectivity index (χ3n) is 5.16. The van der Waals surface area contributed by atoms with Gasteiger partial charge in [-0.3, -0.25) is 4.79 Å². The highest BCUT2D eigenvalue weighted by Gasteiger charge is 2.26. The maximum Gasteiger partial charge on any atom is 0.224 e. The zero-order chi connectivity index (χ0) is 21.1. The molecule has 4 rings (SSSR count). The molecule has 6 heteroatoms. The predicted molar refractivity (Wildman–Crippen MR) is 116 cm³/mol. The fourth-order valence-corrected chi connectivity index (χ4v) is 4.26. The van der Waals surface area contributed by atoms with Crippen molar-refractivity contribution in [2.45, 2.75) is 23.8 Å². The molecule has 1 amide bonds. The van der Waals surface area contributed by atoms with Crippen LogP contribution in [0.1, 0.15) is 11.1 Å². The summed E-state index contributed by atoms with van der Waals surface area (Å²) in [5.41, 5.74) is 3.88. The fraction of sp³-hybridized carbons (Fsp3) is 0.208. The van der Waals surface area contributed by atoms with Crippen LogP contribution in [0.25, 0.3) is 11.1 Å². The molecule has 0 unspecified atom stereocenters. The molecule has 3 aromatic carbocycles. The number of para-hydroxylation sites is 1. The van der Waals surface area contributed by atoms with Crippen molar-refractivity contribution >= 4 is 15.7 Å². The molecule has 1 aliphatic rings. The number of fused-ring (bicyclic) bond motifs is 1. The van der Waals surface area contributed by atoms with E-state index >= 15 is 0 Å². The first-order valence-corrected chi connectivity index (χ1v) is 11.7. The molecular weight excluding hydrogens is 398 g/mol. The first-order chi connectivity index (χ1) is 14.4. The fourth-order valence-electron chi connectivity index (χ4n) is 3.63. The van der Waals surface area contributed by atoms with Crippen LogP contribution in [0.2, 0.25) is 0 Å². The van der Waals surface area contributed by atoms with E-state index in [1.165, 1.54) is 6.26 Å².